The number of halogens is 2. The number of methoxy groups -OCH3 is 1. The first-order chi connectivity index (χ1) is 11.9. The molecule has 0 saturated heterocycles. The molecule has 0 radical (unpaired) electrons. The molecule has 1 fully saturated rings. The fourth-order valence-electron chi connectivity index (χ4n) is 4.17. The molecule has 1 saturated carbocycles. The quantitative estimate of drug-likeness (QED) is 0.615. The molecule has 3 heteroatoms. The average Bonchev–Trinajstić information content (AvgIpc) is 2.94. The highest BCUT2D eigenvalue weighted by atomic mass is 19.1. The molecule has 0 N–H and O–H groups in total. The van der Waals surface area contributed by atoms with Gasteiger partial charge in [0.1, 0.15) is 17.4 Å². The van der Waals surface area contributed by atoms with Crippen LogP contribution in [0.3, 0.4) is 0 Å². The lowest BCUT2D eigenvalue weighted by atomic mass is 9.75. The van der Waals surface area contributed by atoms with Crippen LogP contribution in [0, 0.1) is 17.0 Å². The van der Waals surface area contributed by atoms with Crippen LogP contribution in [0.2, 0.25) is 0 Å². The number of rotatable bonds is 4. The van der Waals surface area contributed by atoms with Crippen molar-refractivity contribution in [2.45, 2.75) is 52.4 Å². The van der Waals surface area contributed by atoms with Gasteiger partial charge in [-0.25, -0.2) is 8.78 Å². The van der Waals surface area contributed by atoms with E-state index in [0.717, 1.165) is 24.8 Å². The molecule has 2 aromatic rings. The summed E-state index contributed by atoms with van der Waals surface area (Å²) in [4.78, 5) is 0. The third-order valence-corrected chi connectivity index (χ3v) is 5.70. The van der Waals surface area contributed by atoms with Crippen LogP contribution in [-0.2, 0) is 6.42 Å². The predicted molar refractivity (Wildman–Crippen MR) is 98.1 cm³/mol. The van der Waals surface area contributed by atoms with Crippen molar-refractivity contribution in [2.75, 3.05) is 7.11 Å². The van der Waals surface area contributed by atoms with Crippen LogP contribution in [0.5, 0.6) is 5.75 Å². The van der Waals surface area contributed by atoms with Gasteiger partial charge in [-0.3, -0.25) is 0 Å². The first kappa shape index (κ1) is 17.9. The summed E-state index contributed by atoms with van der Waals surface area (Å²) < 4.78 is 34.4. The Balaban J connectivity index is 2.24. The standard InChI is InChI=1S/C22H26F2O/c1-5-14-11-17(19-7-6-10-22(19,2)3)16(13-21(14)24)18-12-15(25-4)8-9-20(18)23/h8-9,11-13,19H,5-7,10H2,1-4H3/t19-/m0/s1. The fourth-order valence-corrected chi connectivity index (χ4v) is 4.17. The SMILES string of the molecule is CCc1cc([C@@H]2CCCC2(C)C)c(-c2cc(OC)ccc2F)cc1F. The Morgan fingerprint density at radius 2 is 1.84 bits per heavy atom. The van der Waals surface area contributed by atoms with Crippen LogP contribution in [-0.4, -0.2) is 7.11 Å². The highest BCUT2D eigenvalue weighted by Crippen LogP contribution is 2.51. The summed E-state index contributed by atoms with van der Waals surface area (Å²) in [5, 5.41) is 0. The summed E-state index contributed by atoms with van der Waals surface area (Å²) in [5.74, 6) is 0.271. The van der Waals surface area contributed by atoms with Gasteiger partial charge in [0.05, 0.1) is 7.11 Å². The Hall–Kier alpha value is -1.90. The van der Waals surface area contributed by atoms with Gasteiger partial charge in [0.25, 0.3) is 0 Å². The van der Waals surface area contributed by atoms with Gasteiger partial charge in [0.15, 0.2) is 0 Å². The fraction of sp³-hybridized carbons (Fsp3) is 0.455. The maximum absolute atomic E-state index is 14.6. The van der Waals surface area contributed by atoms with E-state index in [1.54, 1.807) is 19.2 Å². The maximum atomic E-state index is 14.6. The molecule has 25 heavy (non-hydrogen) atoms. The second-order valence-electron chi connectivity index (χ2n) is 7.66. The average molecular weight is 344 g/mol. The number of aryl methyl sites for hydroxylation is 1. The molecule has 1 atom stereocenters. The van der Waals surface area contributed by atoms with Crippen molar-refractivity contribution in [1.29, 1.82) is 0 Å². The van der Waals surface area contributed by atoms with Crippen LogP contribution in [0.1, 0.15) is 57.1 Å². The van der Waals surface area contributed by atoms with Crippen molar-refractivity contribution < 1.29 is 13.5 Å². The maximum Gasteiger partial charge on any atom is 0.131 e. The molecule has 1 aliphatic rings. The summed E-state index contributed by atoms with van der Waals surface area (Å²) in [7, 11) is 1.55. The van der Waals surface area contributed by atoms with Gasteiger partial charge >= 0.3 is 0 Å². The minimum absolute atomic E-state index is 0.132. The van der Waals surface area contributed by atoms with Gasteiger partial charge in [0, 0.05) is 5.56 Å². The summed E-state index contributed by atoms with van der Waals surface area (Å²) in [6, 6.07) is 8.13. The summed E-state index contributed by atoms with van der Waals surface area (Å²) in [6.07, 6.45) is 3.97. The molecule has 134 valence electrons. The topological polar surface area (TPSA) is 9.23 Å². The van der Waals surface area contributed by atoms with Crippen molar-refractivity contribution in [3.63, 3.8) is 0 Å². The van der Waals surface area contributed by atoms with Gasteiger partial charge in [-0.15, -0.1) is 0 Å². The predicted octanol–water partition coefficient (Wildman–Crippen LogP) is 6.50. The van der Waals surface area contributed by atoms with Crippen LogP contribution < -0.4 is 4.74 Å². The molecule has 0 aromatic heterocycles. The highest BCUT2D eigenvalue weighted by Gasteiger charge is 2.37. The van der Waals surface area contributed by atoms with Crippen LogP contribution in [0.4, 0.5) is 8.78 Å². The zero-order valence-electron chi connectivity index (χ0n) is 15.5. The molecular weight excluding hydrogens is 318 g/mol. The van der Waals surface area contributed by atoms with E-state index < -0.39 is 0 Å². The zero-order valence-corrected chi connectivity index (χ0v) is 15.5. The Morgan fingerprint density at radius 3 is 2.44 bits per heavy atom. The molecule has 0 aliphatic heterocycles. The molecule has 0 unspecified atom stereocenters. The van der Waals surface area contributed by atoms with Crippen molar-refractivity contribution in [3.05, 3.63) is 53.1 Å². The third kappa shape index (κ3) is 3.29. The van der Waals surface area contributed by atoms with Crippen molar-refractivity contribution >= 4 is 0 Å². The van der Waals surface area contributed by atoms with E-state index in [1.165, 1.54) is 12.1 Å². The molecule has 1 nitrogen and oxygen atoms in total. The van der Waals surface area contributed by atoms with Crippen molar-refractivity contribution in [3.8, 4) is 16.9 Å². The minimum atomic E-state index is -0.346. The number of hydrogen-bond acceptors (Lipinski definition) is 1. The zero-order chi connectivity index (χ0) is 18.2. The van der Waals surface area contributed by atoms with Crippen LogP contribution >= 0.6 is 0 Å². The normalized spacial score (nSPS) is 19.2. The highest BCUT2D eigenvalue weighted by molar-refractivity contribution is 5.71. The van der Waals surface area contributed by atoms with E-state index >= 15 is 0 Å². The van der Waals surface area contributed by atoms with Gasteiger partial charge < -0.3 is 4.74 Å². The Bertz CT molecular complexity index is 780. The lowest BCUT2D eigenvalue weighted by Gasteiger charge is -2.30. The third-order valence-electron chi connectivity index (χ3n) is 5.70. The van der Waals surface area contributed by atoms with E-state index in [-0.39, 0.29) is 17.0 Å². The largest absolute Gasteiger partial charge is 0.497 e. The van der Waals surface area contributed by atoms with Gasteiger partial charge in [0.2, 0.25) is 0 Å². The molecule has 0 spiro atoms. The molecule has 1 aliphatic carbocycles. The van der Waals surface area contributed by atoms with E-state index in [0.29, 0.717) is 34.8 Å². The van der Waals surface area contributed by atoms with E-state index in [2.05, 4.69) is 13.8 Å². The second kappa shape index (κ2) is 6.78. The number of benzene rings is 2. The van der Waals surface area contributed by atoms with Crippen LogP contribution in [0.15, 0.2) is 30.3 Å². The summed E-state index contributed by atoms with van der Waals surface area (Å²) in [5.41, 5.74) is 2.97. The summed E-state index contributed by atoms with van der Waals surface area (Å²) >= 11 is 0. The smallest absolute Gasteiger partial charge is 0.131 e. The van der Waals surface area contributed by atoms with Crippen molar-refractivity contribution in [2.24, 2.45) is 5.41 Å². The molecule has 3 rings (SSSR count). The lowest BCUT2D eigenvalue weighted by Crippen LogP contribution is -2.17. The first-order valence-electron chi connectivity index (χ1n) is 9.03. The molecular formula is C22H26F2O. The van der Waals surface area contributed by atoms with Crippen LogP contribution in [0.25, 0.3) is 11.1 Å². The van der Waals surface area contributed by atoms with Crippen molar-refractivity contribution in [1.82, 2.24) is 0 Å². The Labute approximate surface area is 149 Å². The lowest BCUT2D eigenvalue weighted by molar-refractivity contribution is 0.332. The minimum Gasteiger partial charge on any atom is -0.497 e. The Morgan fingerprint density at radius 1 is 1.08 bits per heavy atom. The molecule has 0 bridgehead atoms. The Kier molecular flexibility index (Phi) is 4.86. The summed E-state index contributed by atoms with van der Waals surface area (Å²) in [6.45, 7) is 6.46. The molecule has 0 heterocycles. The second-order valence-corrected chi connectivity index (χ2v) is 7.66. The number of ether oxygens (including phenoxy) is 1. The van der Waals surface area contributed by atoms with Gasteiger partial charge in [-0.2, -0.15) is 0 Å². The van der Waals surface area contributed by atoms with E-state index in [9.17, 15) is 8.78 Å². The molecule has 2 aromatic carbocycles. The monoisotopic (exact) mass is 344 g/mol. The van der Waals surface area contributed by atoms with E-state index in [1.807, 2.05) is 13.0 Å². The first-order valence-corrected chi connectivity index (χ1v) is 9.03. The number of hydrogen-bond donors (Lipinski definition) is 0. The molecule has 0 amide bonds. The van der Waals surface area contributed by atoms with Gasteiger partial charge in [-0.05, 0) is 71.6 Å². The van der Waals surface area contributed by atoms with E-state index in [4.69, 9.17) is 4.74 Å². The van der Waals surface area contributed by atoms with Gasteiger partial charge in [-0.1, -0.05) is 33.3 Å².